The summed E-state index contributed by atoms with van der Waals surface area (Å²) in [7, 11) is 0. The van der Waals surface area contributed by atoms with Gasteiger partial charge < -0.3 is 10.2 Å². The standard InChI is InChI=1S/C25H28N4O/c1-3-18(2)19-8-10-21(11-9-19)28-25(30)22-6-4-14-27-24(22)29-17-5-7-23(29)20-12-15-26-16-13-20/h4,6,8-16,18,23H,3,5,7,17H2,1-2H3,(H,28,30). The van der Waals surface area contributed by atoms with Gasteiger partial charge in [-0.2, -0.15) is 0 Å². The van der Waals surface area contributed by atoms with Crippen molar-refractivity contribution in [2.24, 2.45) is 0 Å². The van der Waals surface area contributed by atoms with E-state index in [-0.39, 0.29) is 11.9 Å². The summed E-state index contributed by atoms with van der Waals surface area (Å²) < 4.78 is 0. The second-order valence-corrected chi connectivity index (χ2v) is 7.89. The van der Waals surface area contributed by atoms with Crippen molar-refractivity contribution in [3.05, 3.63) is 83.8 Å². The Hall–Kier alpha value is -3.21. The van der Waals surface area contributed by atoms with Crippen molar-refractivity contribution in [2.45, 2.75) is 45.1 Å². The Kier molecular flexibility index (Phi) is 6.07. The van der Waals surface area contributed by atoms with Crippen LogP contribution < -0.4 is 10.2 Å². The third-order valence-electron chi connectivity index (χ3n) is 6.00. The second kappa shape index (κ2) is 9.08. The van der Waals surface area contributed by atoms with E-state index in [9.17, 15) is 4.79 Å². The fourth-order valence-electron chi connectivity index (χ4n) is 4.08. The molecule has 0 aliphatic carbocycles. The average Bonchev–Trinajstić information content (AvgIpc) is 3.29. The minimum atomic E-state index is -0.130. The zero-order valence-electron chi connectivity index (χ0n) is 17.6. The Morgan fingerprint density at radius 1 is 1.13 bits per heavy atom. The molecule has 1 fully saturated rings. The summed E-state index contributed by atoms with van der Waals surface area (Å²) in [6.07, 6.45) is 8.61. The molecule has 1 amide bonds. The third-order valence-corrected chi connectivity index (χ3v) is 6.00. The van der Waals surface area contributed by atoms with Gasteiger partial charge in [0.2, 0.25) is 0 Å². The first-order valence-corrected chi connectivity index (χ1v) is 10.7. The van der Waals surface area contributed by atoms with Crippen LogP contribution in [0, 0.1) is 0 Å². The summed E-state index contributed by atoms with van der Waals surface area (Å²) in [5, 5.41) is 3.05. The van der Waals surface area contributed by atoms with E-state index in [2.05, 4.69) is 46.2 Å². The molecule has 0 radical (unpaired) electrons. The van der Waals surface area contributed by atoms with Crippen LogP contribution in [-0.4, -0.2) is 22.4 Å². The van der Waals surface area contributed by atoms with Gasteiger partial charge in [-0.15, -0.1) is 0 Å². The molecule has 1 aliphatic rings. The molecular weight excluding hydrogens is 372 g/mol. The minimum Gasteiger partial charge on any atom is -0.349 e. The fourth-order valence-corrected chi connectivity index (χ4v) is 4.08. The van der Waals surface area contributed by atoms with Crippen molar-refractivity contribution in [3.63, 3.8) is 0 Å². The van der Waals surface area contributed by atoms with Crippen LogP contribution >= 0.6 is 0 Å². The Labute approximate surface area is 178 Å². The lowest BCUT2D eigenvalue weighted by Gasteiger charge is -2.27. The largest absolute Gasteiger partial charge is 0.349 e. The molecule has 0 bridgehead atoms. The first-order valence-electron chi connectivity index (χ1n) is 10.7. The van der Waals surface area contributed by atoms with E-state index in [0.29, 0.717) is 11.5 Å². The molecule has 4 rings (SSSR count). The van der Waals surface area contributed by atoms with Gasteiger partial charge in [0.05, 0.1) is 11.6 Å². The van der Waals surface area contributed by atoms with E-state index in [1.807, 2.05) is 48.8 Å². The Morgan fingerprint density at radius 2 is 1.90 bits per heavy atom. The zero-order chi connectivity index (χ0) is 20.9. The number of nitrogens with one attached hydrogen (secondary N) is 1. The van der Waals surface area contributed by atoms with E-state index < -0.39 is 0 Å². The van der Waals surface area contributed by atoms with Crippen LogP contribution in [0.2, 0.25) is 0 Å². The molecule has 3 aromatic rings. The summed E-state index contributed by atoms with van der Waals surface area (Å²) in [6, 6.07) is 16.1. The molecule has 30 heavy (non-hydrogen) atoms. The molecule has 3 heterocycles. The predicted molar refractivity (Wildman–Crippen MR) is 121 cm³/mol. The fraction of sp³-hybridized carbons (Fsp3) is 0.320. The number of amides is 1. The maximum atomic E-state index is 13.1. The number of nitrogens with zero attached hydrogens (tertiary/aromatic N) is 3. The van der Waals surface area contributed by atoms with E-state index in [1.165, 1.54) is 11.1 Å². The molecule has 154 valence electrons. The van der Waals surface area contributed by atoms with Crippen LogP contribution in [-0.2, 0) is 0 Å². The monoisotopic (exact) mass is 400 g/mol. The van der Waals surface area contributed by atoms with E-state index in [1.54, 1.807) is 6.20 Å². The van der Waals surface area contributed by atoms with Gasteiger partial charge in [-0.1, -0.05) is 26.0 Å². The molecule has 1 aliphatic heterocycles. The van der Waals surface area contributed by atoms with Crippen molar-refractivity contribution >= 4 is 17.4 Å². The highest BCUT2D eigenvalue weighted by Gasteiger charge is 2.30. The van der Waals surface area contributed by atoms with E-state index in [0.717, 1.165) is 37.3 Å². The van der Waals surface area contributed by atoms with Crippen LogP contribution in [0.1, 0.15) is 66.6 Å². The number of pyridine rings is 2. The molecule has 1 N–H and O–H groups in total. The van der Waals surface area contributed by atoms with Crippen molar-refractivity contribution in [1.29, 1.82) is 0 Å². The normalized spacial score (nSPS) is 17.0. The summed E-state index contributed by atoms with van der Waals surface area (Å²) >= 11 is 0. The van der Waals surface area contributed by atoms with Crippen molar-refractivity contribution < 1.29 is 4.79 Å². The molecule has 0 saturated carbocycles. The molecule has 5 nitrogen and oxygen atoms in total. The summed E-state index contributed by atoms with van der Waals surface area (Å²) in [5.74, 6) is 1.13. The van der Waals surface area contributed by atoms with Gasteiger partial charge in [0.1, 0.15) is 5.82 Å². The molecule has 0 spiro atoms. The first-order chi connectivity index (χ1) is 14.7. The quantitative estimate of drug-likeness (QED) is 0.586. The number of carbonyl (C=O) groups excluding carboxylic acids is 1. The summed E-state index contributed by atoms with van der Waals surface area (Å²) in [4.78, 5) is 24.1. The highest BCUT2D eigenvalue weighted by atomic mass is 16.1. The SMILES string of the molecule is CCC(C)c1ccc(NC(=O)c2cccnc2N2CCCC2c2ccncc2)cc1. The lowest BCUT2D eigenvalue weighted by Crippen LogP contribution is -2.27. The molecule has 1 aromatic carbocycles. The van der Waals surface area contributed by atoms with Crippen LogP contribution in [0.15, 0.2) is 67.1 Å². The highest BCUT2D eigenvalue weighted by Crippen LogP contribution is 2.36. The van der Waals surface area contributed by atoms with Gasteiger partial charge in [0.25, 0.3) is 5.91 Å². The third kappa shape index (κ3) is 4.20. The van der Waals surface area contributed by atoms with Crippen molar-refractivity contribution in [1.82, 2.24) is 9.97 Å². The van der Waals surface area contributed by atoms with Gasteiger partial charge >= 0.3 is 0 Å². The van der Waals surface area contributed by atoms with Gasteiger partial charge in [-0.3, -0.25) is 9.78 Å². The van der Waals surface area contributed by atoms with Gasteiger partial charge in [0, 0.05) is 30.8 Å². The topological polar surface area (TPSA) is 58.1 Å². The maximum absolute atomic E-state index is 13.1. The van der Waals surface area contributed by atoms with Crippen LogP contribution in [0.25, 0.3) is 0 Å². The van der Waals surface area contributed by atoms with Crippen LogP contribution in [0.3, 0.4) is 0 Å². The maximum Gasteiger partial charge on any atom is 0.259 e. The molecule has 2 atom stereocenters. The van der Waals surface area contributed by atoms with E-state index >= 15 is 0 Å². The number of benzene rings is 1. The number of hydrogen-bond donors (Lipinski definition) is 1. The van der Waals surface area contributed by atoms with Crippen molar-refractivity contribution in [2.75, 3.05) is 16.8 Å². The van der Waals surface area contributed by atoms with E-state index in [4.69, 9.17) is 0 Å². The lowest BCUT2D eigenvalue weighted by molar-refractivity contribution is 0.102. The van der Waals surface area contributed by atoms with Gasteiger partial charge in [-0.05, 0) is 72.7 Å². The molecule has 2 aromatic heterocycles. The predicted octanol–water partition coefficient (Wildman–Crippen LogP) is 5.58. The number of anilines is 2. The zero-order valence-corrected chi connectivity index (χ0v) is 17.6. The molecular formula is C25H28N4O. The average molecular weight is 401 g/mol. The van der Waals surface area contributed by atoms with Crippen LogP contribution in [0.5, 0.6) is 0 Å². The highest BCUT2D eigenvalue weighted by molar-refractivity contribution is 6.07. The summed E-state index contributed by atoms with van der Waals surface area (Å²) in [5.41, 5.74) is 3.90. The number of rotatable bonds is 6. The minimum absolute atomic E-state index is 0.130. The Balaban J connectivity index is 1.56. The smallest absolute Gasteiger partial charge is 0.259 e. The number of carbonyl (C=O) groups is 1. The summed E-state index contributed by atoms with van der Waals surface area (Å²) in [6.45, 7) is 5.28. The number of aromatic nitrogens is 2. The molecule has 1 saturated heterocycles. The van der Waals surface area contributed by atoms with Crippen LogP contribution in [0.4, 0.5) is 11.5 Å². The van der Waals surface area contributed by atoms with Gasteiger partial charge in [0.15, 0.2) is 0 Å². The second-order valence-electron chi connectivity index (χ2n) is 7.89. The Morgan fingerprint density at radius 3 is 2.63 bits per heavy atom. The number of hydrogen-bond acceptors (Lipinski definition) is 4. The van der Waals surface area contributed by atoms with Gasteiger partial charge in [-0.25, -0.2) is 4.98 Å². The molecule has 5 heteroatoms. The molecule has 2 unspecified atom stereocenters. The first kappa shape index (κ1) is 20.1. The Bertz CT molecular complexity index is 988. The van der Waals surface area contributed by atoms with Crippen molar-refractivity contribution in [3.8, 4) is 0 Å². The lowest BCUT2D eigenvalue weighted by atomic mass is 9.98.